The van der Waals surface area contributed by atoms with E-state index in [-0.39, 0.29) is 0 Å². The van der Waals surface area contributed by atoms with Crippen LogP contribution in [-0.2, 0) is 0 Å². The molecule has 0 unspecified atom stereocenters. The minimum Gasteiger partial charge on any atom is -0.0616 e. The maximum Gasteiger partial charge on any atom is 0.0422 e. The highest BCUT2D eigenvalue weighted by Gasteiger charge is 2.10. The monoisotopic (exact) mass is 512 g/mol. The van der Waals surface area contributed by atoms with Gasteiger partial charge in [-0.15, -0.1) is 0 Å². The predicted octanol–water partition coefficient (Wildman–Crippen LogP) is 7.78. The van der Waals surface area contributed by atoms with Gasteiger partial charge in [-0.3, -0.25) is 0 Å². The van der Waals surface area contributed by atoms with Crippen LogP contribution in [0.15, 0.2) is 81.7 Å². The molecular formula is C28H18Br2. The Bertz CT molecular complexity index is 1250. The Morgan fingerprint density at radius 1 is 0.500 bits per heavy atom. The SMILES string of the molecule is Cc1ccc(C#Cc2ccc3ccc(C#Cc4ccc(C)cc4)c(Br)c3c2Br)cc1. The molecule has 4 aromatic rings. The van der Waals surface area contributed by atoms with Crippen molar-refractivity contribution < 1.29 is 0 Å². The standard InChI is InChI=1S/C28H18Br2/c1-19-3-7-21(8-4-19)11-13-24-17-15-23-16-18-25(28(30)26(23)27(24)29)14-12-22-9-5-20(2)6-10-22/h3-10,15-18H,1-2H3. The molecule has 0 amide bonds. The summed E-state index contributed by atoms with van der Waals surface area (Å²) < 4.78 is 1.95. The molecule has 144 valence electrons. The minimum absolute atomic E-state index is 0.951. The molecule has 30 heavy (non-hydrogen) atoms. The molecule has 0 aliphatic carbocycles. The predicted molar refractivity (Wildman–Crippen MR) is 134 cm³/mol. The molecule has 0 atom stereocenters. The van der Waals surface area contributed by atoms with E-state index in [1.165, 1.54) is 11.1 Å². The molecule has 4 aromatic carbocycles. The van der Waals surface area contributed by atoms with Gasteiger partial charge in [-0.2, -0.15) is 0 Å². The van der Waals surface area contributed by atoms with Crippen LogP contribution in [0.2, 0.25) is 0 Å². The zero-order valence-electron chi connectivity index (χ0n) is 16.7. The molecule has 2 heteroatoms. The first-order chi connectivity index (χ1) is 14.5. The van der Waals surface area contributed by atoms with Gasteiger partial charge in [0.1, 0.15) is 0 Å². The Kier molecular flexibility index (Phi) is 6.10. The maximum atomic E-state index is 3.78. The van der Waals surface area contributed by atoms with Crippen molar-refractivity contribution in [2.45, 2.75) is 13.8 Å². The number of aryl methyl sites for hydroxylation is 2. The Morgan fingerprint density at radius 3 is 1.30 bits per heavy atom. The summed E-state index contributed by atoms with van der Waals surface area (Å²) in [5.41, 5.74) is 6.37. The van der Waals surface area contributed by atoms with Gasteiger partial charge in [0.2, 0.25) is 0 Å². The minimum atomic E-state index is 0.951. The van der Waals surface area contributed by atoms with Crippen molar-refractivity contribution in [1.82, 2.24) is 0 Å². The largest absolute Gasteiger partial charge is 0.0616 e. The van der Waals surface area contributed by atoms with E-state index in [2.05, 4.69) is 118 Å². The van der Waals surface area contributed by atoms with Gasteiger partial charge in [-0.1, -0.05) is 71.2 Å². The van der Waals surface area contributed by atoms with Crippen LogP contribution in [0.1, 0.15) is 33.4 Å². The summed E-state index contributed by atoms with van der Waals surface area (Å²) in [6.07, 6.45) is 0. The number of hydrogen-bond acceptors (Lipinski definition) is 0. The zero-order chi connectivity index (χ0) is 21.1. The van der Waals surface area contributed by atoms with Gasteiger partial charge in [-0.05, 0) is 87.5 Å². The fraction of sp³-hybridized carbons (Fsp3) is 0.0714. The van der Waals surface area contributed by atoms with E-state index in [0.29, 0.717) is 0 Å². The van der Waals surface area contributed by atoms with E-state index in [0.717, 1.165) is 42.0 Å². The Morgan fingerprint density at radius 2 is 0.900 bits per heavy atom. The highest BCUT2D eigenvalue weighted by atomic mass is 79.9. The third-order valence-electron chi connectivity index (χ3n) is 4.85. The van der Waals surface area contributed by atoms with E-state index in [1.54, 1.807) is 0 Å². The summed E-state index contributed by atoms with van der Waals surface area (Å²) in [5, 5.41) is 2.22. The lowest BCUT2D eigenvalue weighted by atomic mass is 10.0. The summed E-state index contributed by atoms with van der Waals surface area (Å²) in [5.74, 6) is 13.1. The molecule has 0 fully saturated rings. The third kappa shape index (κ3) is 4.52. The molecule has 0 heterocycles. The van der Waals surface area contributed by atoms with E-state index in [9.17, 15) is 0 Å². The Labute approximate surface area is 194 Å². The van der Waals surface area contributed by atoms with Gasteiger partial charge in [0, 0.05) is 36.6 Å². The molecular weight excluding hydrogens is 496 g/mol. The average Bonchev–Trinajstić information content (AvgIpc) is 2.75. The van der Waals surface area contributed by atoms with Gasteiger partial charge in [-0.25, -0.2) is 0 Å². The Hall–Kier alpha value is -2.78. The van der Waals surface area contributed by atoms with Crippen LogP contribution in [0.4, 0.5) is 0 Å². The van der Waals surface area contributed by atoms with Crippen LogP contribution >= 0.6 is 31.9 Å². The van der Waals surface area contributed by atoms with Crippen LogP contribution in [0, 0.1) is 37.5 Å². The fourth-order valence-electron chi connectivity index (χ4n) is 3.08. The fourth-order valence-corrected chi connectivity index (χ4v) is 4.66. The van der Waals surface area contributed by atoms with Crippen LogP contribution in [0.3, 0.4) is 0 Å². The van der Waals surface area contributed by atoms with E-state index < -0.39 is 0 Å². The van der Waals surface area contributed by atoms with Crippen molar-refractivity contribution in [3.05, 3.63) is 115 Å². The van der Waals surface area contributed by atoms with E-state index >= 15 is 0 Å². The lowest BCUT2D eigenvalue weighted by Gasteiger charge is -2.08. The van der Waals surface area contributed by atoms with Crippen LogP contribution < -0.4 is 0 Å². The van der Waals surface area contributed by atoms with Crippen LogP contribution in [0.25, 0.3) is 10.8 Å². The zero-order valence-corrected chi connectivity index (χ0v) is 19.9. The second kappa shape index (κ2) is 8.93. The molecule has 0 aromatic heterocycles. The third-order valence-corrected chi connectivity index (χ3v) is 6.49. The summed E-state index contributed by atoms with van der Waals surface area (Å²) in [4.78, 5) is 0. The number of fused-ring (bicyclic) bond motifs is 1. The van der Waals surface area contributed by atoms with Gasteiger partial charge < -0.3 is 0 Å². The van der Waals surface area contributed by atoms with Crippen molar-refractivity contribution in [2.24, 2.45) is 0 Å². The highest BCUT2D eigenvalue weighted by Crippen LogP contribution is 2.35. The lowest BCUT2D eigenvalue weighted by molar-refractivity contribution is 1.46. The second-order valence-electron chi connectivity index (χ2n) is 7.18. The van der Waals surface area contributed by atoms with Crippen molar-refractivity contribution in [2.75, 3.05) is 0 Å². The van der Waals surface area contributed by atoms with Crippen LogP contribution in [-0.4, -0.2) is 0 Å². The number of rotatable bonds is 0. The first-order valence-corrected chi connectivity index (χ1v) is 11.2. The van der Waals surface area contributed by atoms with E-state index in [4.69, 9.17) is 0 Å². The smallest absolute Gasteiger partial charge is 0.0422 e. The average molecular weight is 514 g/mol. The molecule has 0 bridgehead atoms. The molecule has 0 saturated carbocycles. The normalized spacial score (nSPS) is 10.1. The van der Waals surface area contributed by atoms with Gasteiger partial charge in [0.25, 0.3) is 0 Å². The van der Waals surface area contributed by atoms with Gasteiger partial charge in [0.05, 0.1) is 0 Å². The first-order valence-electron chi connectivity index (χ1n) is 9.59. The highest BCUT2D eigenvalue weighted by molar-refractivity contribution is 9.11. The van der Waals surface area contributed by atoms with Gasteiger partial charge in [0.15, 0.2) is 0 Å². The molecule has 0 nitrogen and oxygen atoms in total. The topological polar surface area (TPSA) is 0 Å². The summed E-state index contributed by atoms with van der Waals surface area (Å²) >= 11 is 7.55. The van der Waals surface area contributed by atoms with Crippen molar-refractivity contribution >= 4 is 42.6 Å². The second-order valence-corrected chi connectivity index (χ2v) is 8.77. The lowest BCUT2D eigenvalue weighted by Crippen LogP contribution is -1.87. The quantitative estimate of drug-likeness (QED) is 0.210. The molecule has 0 aliphatic rings. The molecule has 0 saturated heterocycles. The van der Waals surface area contributed by atoms with Crippen LogP contribution in [0.5, 0.6) is 0 Å². The maximum absolute atomic E-state index is 3.78. The molecule has 0 N–H and O–H groups in total. The number of halogens is 2. The molecule has 4 rings (SSSR count). The number of hydrogen-bond donors (Lipinski definition) is 0. The van der Waals surface area contributed by atoms with Crippen molar-refractivity contribution in [3.8, 4) is 23.7 Å². The van der Waals surface area contributed by atoms with Crippen molar-refractivity contribution in [3.63, 3.8) is 0 Å². The van der Waals surface area contributed by atoms with Crippen molar-refractivity contribution in [1.29, 1.82) is 0 Å². The van der Waals surface area contributed by atoms with E-state index in [1.807, 2.05) is 24.3 Å². The Balaban J connectivity index is 1.75. The first kappa shape index (κ1) is 20.5. The molecule has 0 spiro atoms. The number of benzene rings is 4. The summed E-state index contributed by atoms with van der Waals surface area (Å²) in [6.45, 7) is 4.15. The summed E-state index contributed by atoms with van der Waals surface area (Å²) in [6, 6.07) is 24.8. The van der Waals surface area contributed by atoms with Gasteiger partial charge >= 0.3 is 0 Å². The molecule has 0 aliphatic heterocycles. The molecule has 0 radical (unpaired) electrons. The summed E-state index contributed by atoms with van der Waals surface area (Å²) in [7, 11) is 0.